The molecule has 0 aromatic heterocycles. The van der Waals surface area contributed by atoms with Crippen LogP contribution in [-0.2, 0) is 6.54 Å². The van der Waals surface area contributed by atoms with Crippen LogP contribution in [0.2, 0.25) is 0 Å². The smallest absolute Gasteiger partial charge is 0.251 e. The number of amides is 1. The van der Waals surface area contributed by atoms with Gasteiger partial charge in [-0.1, -0.05) is 0 Å². The molecule has 25 heavy (non-hydrogen) atoms. The maximum absolute atomic E-state index is 12.4. The van der Waals surface area contributed by atoms with Gasteiger partial charge in [0.15, 0.2) is 11.5 Å². The van der Waals surface area contributed by atoms with Crippen LogP contribution in [0.25, 0.3) is 0 Å². The highest BCUT2D eigenvalue weighted by Gasteiger charge is 2.12. The molecule has 0 saturated heterocycles. The second-order valence-electron chi connectivity index (χ2n) is 5.41. The Morgan fingerprint density at radius 1 is 1.12 bits per heavy atom. The van der Waals surface area contributed by atoms with Crippen molar-refractivity contribution < 1.29 is 19.0 Å². The van der Waals surface area contributed by atoms with E-state index in [1.165, 1.54) is 0 Å². The lowest BCUT2D eigenvalue weighted by atomic mass is 10.1. The first-order valence-corrected chi connectivity index (χ1v) is 8.71. The summed E-state index contributed by atoms with van der Waals surface area (Å²) in [7, 11) is 3.16. The highest BCUT2D eigenvalue weighted by atomic mass is 79.9. The molecule has 1 N–H and O–H groups in total. The number of ether oxygens (including phenoxy) is 3. The molecule has 2 aromatic carbocycles. The number of methoxy groups -OCH3 is 2. The van der Waals surface area contributed by atoms with Crippen molar-refractivity contribution in [1.82, 2.24) is 5.32 Å². The summed E-state index contributed by atoms with van der Waals surface area (Å²) in [6.07, 6.45) is 0. The zero-order valence-corrected chi connectivity index (χ0v) is 16.4. The second kappa shape index (κ2) is 8.76. The Morgan fingerprint density at radius 2 is 1.88 bits per heavy atom. The van der Waals surface area contributed by atoms with Gasteiger partial charge in [0.25, 0.3) is 5.91 Å². The quantitative estimate of drug-likeness (QED) is 0.750. The molecule has 6 heteroatoms. The average Bonchev–Trinajstić information content (AvgIpc) is 2.60. The van der Waals surface area contributed by atoms with Crippen molar-refractivity contribution in [3.8, 4) is 17.2 Å². The lowest BCUT2D eigenvalue weighted by Crippen LogP contribution is -2.23. The molecule has 0 fully saturated rings. The van der Waals surface area contributed by atoms with Gasteiger partial charge in [-0.2, -0.15) is 0 Å². The van der Waals surface area contributed by atoms with E-state index in [1.807, 2.05) is 38.1 Å². The van der Waals surface area contributed by atoms with Crippen LogP contribution >= 0.6 is 15.9 Å². The van der Waals surface area contributed by atoms with Gasteiger partial charge in [0.1, 0.15) is 5.75 Å². The summed E-state index contributed by atoms with van der Waals surface area (Å²) in [4.78, 5) is 12.4. The molecule has 2 aromatic rings. The number of halogens is 1. The molecule has 0 saturated carbocycles. The van der Waals surface area contributed by atoms with Crippen molar-refractivity contribution in [3.05, 3.63) is 51.5 Å². The van der Waals surface area contributed by atoms with Gasteiger partial charge in [0.05, 0.1) is 25.3 Å². The first-order chi connectivity index (χ1) is 12.0. The molecule has 1 amide bonds. The fraction of sp³-hybridized carbons (Fsp3) is 0.316. The average molecular weight is 408 g/mol. The van der Waals surface area contributed by atoms with E-state index < -0.39 is 0 Å². The maximum Gasteiger partial charge on any atom is 0.251 e. The number of nitrogens with one attached hydrogen (secondary N) is 1. The molecule has 2 rings (SSSR count). The summed E-state index contributed by atoms with van der Waals surface area (Å²) < 4.78 is 16.9. The van der Waals surface area contributed by atoms with E-state index >= 15 is 0 Å². The molecule has 5 nitrogen and oxygen atoms in total. The van der Waals surface area contributed by atoms with Crippen LogP contribution in [0.5, 0.6) is 17.2 Å². The second-order valence-corrected chi connectivity index (χ2v) is 6.26. The van der Waals surface area contributed by atoms with Crippen LogP contribution in [0.4, 0.5) is 0 Å². The summed E-state index contributed by atoms with van der Waals surface area (Å²) in [5.74, 6) is 1.89. The summed E-state index contributed by atoms with van der Waals surface area (Å²) in [6, 6.07) is 9.14. The molecule has 0 atom stereocenters. The zero-order valence-electron chi connectivity index (χ0n) is 14.8. The van der Waals surface area contributed by atoms with Crippen molar-refractivity contribution in [2.45, 2.75) is 20.4 Å². The van der Waals surface area contributed by atoms with Crippen LogP contribution in [0.3, 0.4) is 0 Å². The van der Waals surface area contributed by atoms with E-state index in [1.54, 1.807) is 20.3 Å². The predicted octanol–water partition coefficient (Wildman–Crippen LogP) is 4.10. The van der Waals surface area contributed by atoms with E-state index in [-0.39, 0.29) is 5.91 Å². The molecule has 134 valence electrons. The number of benzene rings is 2. The molecule has 0 spiro atoms. The van der Waals surface area contributed by atoms with Gasteiger partial charge >= 0.3 is 0 Å². The summed E-state index contributed by atoms with van der Waals surface area (Å²) in [5.41, 5.74) is 2.43. The van der Waals surface area contributed by atoms with Crippen molar-refractivity contribution >= 4 is 21.8 Å². The molecular weight excluding hydrogens is 386 g/mol. The van der Waals surface area contributed by atoms with Crippen molar-refractivity contribution in [2.24, 2.45) is 0 Å². The fourth-order valence-electron chi connectivity index (χ4n) is 2.47. The first kappa shape index (κ1) is 19.1. The third-order valence-corrected chi connectivity index (χ3v) is 4.27. The molecule has 0 aliphatic heterocycles. The predicted molar refractivity (Wildman–Crippen MR) is 101 cm³/mol. The third kappa shape index (κ3) is 4.66. The minimum Gasteiger partial charge on any atom is -0.494 e. The standard InChI is InChI=1S/C19H22BrNO4/c1-5-25-16-7-6-14(8-12(16)2)19(22)21-11-13-9-15(20)18(24-4)17(10-13)23-3/h6-10H,5,11H2,1-4H3,(H,21,22). The van der Waals surface area contributed by atoms with Gasteiger partial charge < -0.3 is 19.5 Å². The fourth-order valence-corrected chi connectivity index (χ4v) is 3.12. The Kier molecular flexibility index (Phi) is 6.70. The third-order valence-electron chi connectivity index (χ3n) is 3.68. The number of aryl methyl sites for hydroxylation is 1. The summed E-state index contributed by atoms with van der Waals surface area (Å²) in [6.45, 7) is 4.83. The van der Waals surface area contributed by atoms with E-state index in [2.05, 4.69) is 21.2 Å². The molecule has 0 radical (unpaired) electrons. The van der Waals surface area contributed by atoms with Crippen LogP contribution in [-0.4, -0.2) is 26.7 Å². The van der Waals surface area contributed by atoms with Crippen molar-refractivity contribution in [3.63, 3.8) is 0 Å². The number of carbonyl (C=O) groups excluding carboxylic acids is 1. The SMILES string of the molecule is CCOc1ccc(C(=O)NCc2cc(Br)c(OC)c(OC)c2)cc1C. The molecule has 0 unspecified atom stereocenters. The number of carbonyl (C=O) groups is 1. The number of rotatable bonds is 7. The summed E-state index contributed by atoms with van der Waals surface area (Å²) in [5, 5.41) is 2.91. The molecule has 0 aliphatic rings. The number of hydrogen-bond donors (Lipinski definition) is 1. The Labute approximate surface area is 156 Å². The maximum atomic E-state index is 12.4. The molecule has 0 heterocycles. The van der Waals surface area contributed by atoms with Crippen molar-refractivity contribution in [2.75, 3.05) is 20.8 Å². The Hall–Kier alpha value is -2.21. The molecular formula is C19H22BrNO4. The zero-order chi connectivity index (χ0) is 18.4. The van der Waals surface area contributed by atoms with Crippen LogP contribution in [0.1, 0.15) is 28.4 Å². The van der Waals surface area contributed by atoms with Crippen LogP contribution in [0.15, 0.2) is 34.8 Å². The molecule has 0 aliphatic carbocycles. The minimum atomic E-state index is -0.142. The topological polar surface area (TPSA) is 56.8 Å². The monoisotopic (exact) mass is 407 g/mol. The summed E-state index contributed by atoms with van der Waals surface area (Å²) >= 11 is 3.45. The van der Waals surface area contributed by atoms with Gasteiger partial charge in [0, 0.05) is 12.1 Å². The highest BCUT2D eigenvalue weighted by Crippen LogP contribution is 2.36. The Morgan fingerprint density at radius 3 is 2.48 bits per heavy atom. The lowest BCUT2D eigenvalue weighted by molar-refractivity contribution is 0.0950. The minimum absolute atomic E-state index is 0.142. The van der Waals surface area contributed by atoms with Gasteiger partial charge in [0.2, 0.25) is 0 Å². The van der Waals surface area contributed by atoms with Gasteiger partial charge in [-0.15, -0.1) is 0 Å². The normalized spacial score (nSPS) is 10.3. The largest absolute Gasteiger partial charge is 0.494 e. The van der Waals surface area contributed by atoms with Crippen LogP contribution < -0.4 is 19.5 Å². The van der Waals surface area contributed by atoms with E-state index in [9.17, 15) is 4.79 Å². The van der Waals surface area contributed by atoms with Gasteiger partial charge in [-0.05, 0) is 71.2 Å². The first-order valence-electron chi connectivity index (χ1n) is 7.92. The Bertz CT molecular complexity index is 761. The van der Waals surface area contributed by atoms with Crippen molar-refractivity contribution in [1.29, 1.82) is 0 Å². The van der Waals surface area contributed by atoms with E-state index in [0.29, 0.717) is 30.2 Å². The van der Waals surface area contributed by atoms with Gasteiger partial charge in [-0.3, -0.25) is 4.79 Å². The molecule has 0 bridgehead atoms. The van der Waals surface area contributed by atoms with E-state index in [4.69, 9.17) is 14.2 Å². The Balaban J connectivity index is 2.09. The van der Waals surface area contributed by atoms with Gasteiger partial charge in [-0.25, -0.2) is 0 Å². The van der Waals surface area contributed by atoms with Crippen LogP contribution in [0, 0.1) is 6.92 Å². The number of hydrogen-bond acceptors (Lipinski definition) is 4. The highest BCUT2D eigenvalue weighted by molar-refractivity contribution is 9.10. The van der Waals surface area contributed by atoms with E-state index in [0.717, 1.165) is 21.3 Å². The lowest BCUT2D eigenvalue weighted by Gasteiger charge is -2.13.